The van der Waals surface area contributed by atoms with Crippen LogP contribution in [0.3, 0.4) is 0 Å². The molecule has 2 aromatic heterocycles. The van der Waals surface area contributed by atoms with E-state index in [9.17, 15) is 14.7 Å². The van der Waals surface area contributed by atoms with Crippen LogP contribution >= 0.6 is 0 Å². The van der Waals surface area contributed by atoms with Crippen LogP contribution in [0, 0.1) is 0 Å². The Labute approximate surface area is 189 Å². The van der Waals surface area contributed by atoms with Gasteiger partial charge >= 0.3 is 11.7 Å². The molecule has 7 nitrogen and oxygen atoms in total. The number of nitrogens with two attached hydrogens (primary N) is 1. The van der Waals surface area contributed by atoms with Crippen LogP contribution in [0.1, 0.15) is 11.1 Å². The van der Waals surface area contributed by atoms with Gasteiger partial charge in [0.1, 0.15) is 5.82 Å². The van der Waals surface area contributed by atoms with Gasteiger partial charge in [-0.15, -0.1) is 0 Å². The quantitative estimate of drug-likeness (QED) is 0.434. The van der Waals surface area contributed by atoms with E-state index in [1.807, 2.05) is 60.7 Å². The van der Waals surface area contributed by atoms with Crippen LogP contribution in [0.15, 0.2) is 77.7 Å². The molecule has 3 aromatic carbocycles. The molecule has 0 radical (unpaired) electrons. The number of anilines is 1. The van der Waals surface area contributed by atoms with Crippen molar-refractivity contribution in [3.05, 3.63) is 94.5 Å². The van der Waals surface area contributed by atoms with Gasteiger partial charge in [0, 0.05) is 18.6 Å². The number of hydrogen-bond acceptors (Lipinski definition) is 4. The van der Waals surface area contributed by atoms with Gasteiger partial charge in [-0.3, -0.25) is 13.9 Å². The summed E-state index contributed by atoms with van der Waals surface area (Å²) in [5.74, 6) is -0.429. The number of nitrogen functional groups attached to an aromatic ring is 1. The van der Waals surface area contributed by atoms with Gasteiger partial charge in [-0.1, -0.05) is 42.5 Å². The number of fused-ring (bicyclic) bond motifs is 2. The molecule has 0 bridgehead atoms. The zero-order valence-corrected chi connectivity index (χ0v) is 18.0. The molecule has 0 fully saturated rings. The standard InChI is InChI=1S/C26H22N4O3/c1-29-22-9-8-19(18-7-6-16-10-11-28-25(27)21(16)12-18)13-23(22)30(26(29)33)15-20-5-3-2-4-17(20)14-24(31)32/h2-13H,14-15H2,1H3,(H2,27,28)(H,31,32). The highest BCUT2D eigenvalue weighted by Crippen LogP contribution is 2.29. The van der Waals surface area contributed by atoms with E-state index < -0.39 is 5.97 Å². The van der Waals surface area contributed by atoms with Crippen molar-refractivity contribution in [2.75, 3.05) is 5.73 Å². The van der Waals surface area contributed by atoms with Crippen LogP contribution in [-0.4, -0.2) is 25.2 Å². The monoisotopic (exact) mass is 438 g/mol. The van der Waals surface area contributed by atoms with Crippen molar-refractivity contribution >= 4 is 33.6 Å². The van der Waals surface area contributed by atoms with Gasteiger partial charge in [-0.25, -0.2) is 9.78 Å². The van der Waals surface area contributed by atoms with Crippen LogP contribution < -0.4 is 11.4 Å². The second kappa shape index (κ2) is 7.94. The summed E-state index contributed by atoms with van der Waals surface area (Å²) in [5, 5.41) is 11.1. The zero-order valence-electron chi connectivity index (χ0n) is 18.0. The Bertz CT molecular complexity index is 1600. The molecule has 0 aliphatic carbocycles. The number of rotatable bonds is 5. The third-order valence-electron chi connectivity index (χ3n) is 6.06. The summed E-state index contributed by atoms with van der Waals surface area (Å²) >= 11 is 0. The molecule has 3 N–H and O–H groups in total. The topological polar surface area (TPSA) is 103 Å². The summed E-state index contributed by atoms with van der Waals surface area (Å²) < 4.78 is 3.30. The molecule has 0 aliphatic heterocycles. The number of aliphatic carboxylic acids is 1. The Morgan fingerprint density at radius 3 is 2.48 bits per heavy atom. The fraction of sp³-hybridized carbons (Fsp3) is 0.115. The first kappa shape index (κ1) is 20.5. The van der Waals surface area contributed by atoms with Gasteiger partial charge in [0.05, 0.1) is 24.0 Å². The van der Waals surface area contributed by atoms with Crippen molar-refractivity contribution < 1.29 is 9.90 Å². The minimum atomic E-state index is -0.903. The number of benzene rings is 3. The van der Waals surface area contributed by atoms with Gasteiger partial charge in [0.15, 0.2) is 0 Å². The molecule has 0 aliphatic rings. The fourth-order valence-electron chi connectivity index (χ4n) is 4.33. The van der Waals surface area contributed by atoms with Crippen molar-refractivity contribution in [3.8, 4) is 11.1 Å². The largest absolute Gasteiger partial charge is 0.481 e. The molecule has 0 atom stereocenters. The van der Waals surface area contributed by atoms with E-state index in [0.29, 0.717) is 11.4 Å². The van der Waals surface area contributed by atoms with Gasteiger partial charge in [-0.2, -0.15) is 0 Å². The Balaban J connectivity index is 1.64. The first-order chi connectivity index (χ1) is 15.9. The van der Waals surface area contributed by atoms with Crippen LogP contribution in [0.25, 0.3) is 32.9 Å². The van der Waals surface area contributed by atoms with E-state index in [-0.39, 0.29) is 18.7 Å². The number of carboxylic acids is 1. The van der Waals surface area contributed by atoms with E-state index in [4.69, 9.17) is 5.73 Å². The highest BCUT2D eigenvalue weighted by molar-refractivity contribution is 5.95. The molecule has 164 valence electrons. The molecule has 33 heavy (non-hydrogen) atoms. The summed E-state index contributed by atoms with van der Waals surface area (Å²) in [6.07, 6.45) is 1.60. The highest BCUT2D eigenvalue weighted by atomic mass is 16.4. The molecule has 0 saturated carbocycles. The lowest BCUT2D eigenvalue weighted by molar-refractivity contribution is -0.136. The van der Waals surface area contributed by atoms with E-state index in [1.54, 1.807) is 28.4 Å². The Hall–Kier alpha value is -4.39. The number of imidazole rings is 1. The zero-order chi connectivity index (χ0) is 23.1. The third kappa shape index (κ3) is 3.63. The molecule has 5 aromatic rings. The predicted molar refractivity (Wildman–Crippen MR) is 129 cm³/mol. The van der Waals surface area contributed by atoms with Crippen LogP contribution in [0.4, 0.5) is 5.82 Å². The summed E-state index contributed by atoms with van der Waals surface area (Å²) in [7, 11) is 1.74. The second-order valence-corrected chi connectivity index (χ2v) is 8.10. The van der Waals surface area contributed by atoms with Crippen molar-refractivity contribution in [1.29, 1.82) is 0 Å². The lowest BCUT2D eigenvalue weighted by atomic mass is 10.0. The Morgan fingerprint density at radius 1 is 0.970 bits per heavy atom. The molecule has 2 heterocycles. The first-order valence-electron chi connectivity index (χ1n) is 10.5. The molecular formula is C26H22N4O3. The SMILES string of the molecule is Cn1c(=O)n(Cc2ccccc2CC(=O)O)c2cc(-c3ccc4ccnc(N)c4c3)ccc21. The van der Waals surface area contributed by atoms with E-state index in [1.165, 1.54) is 0 Å². The molecule has 0 amide bonds. The maximum atomic E-state index is 13.1. The average molecular weight is 438 g/mol. The lowest BCUT2D eigenvalue weighted by Crippen LogP contribution is -2.23. The molecule has 0 spiro atoms. The molecule has 0 saturated heterocycles. The van der Waals surface area contributed by atoms with Crippen molar-refractivity contribution in [1.82, 2.24) is 14.1 Å². The number of carboxylic acid groups (broad SMARTS) is 1. The smallest absolute Gasteiger partial charge is 0.329 e. The van der Waals surface area contributed by atoms with Gasteiger partial charge < -0.3 is 10.8 Å². The minimum Gasteiger partial charge on any atom is -0.481 e. The Kier molecular flexibility index (Phi) is 4.94. The minimum absolute atomic E-state index is 0.0898. The van der Waals surface area contributed by atoms with Gasteiger partial charge in [0.25, 0.3) is 0 Å². The summed E-state index contributed by atoms with van der Waals surface area (Å²) in [6, 6.07) is 21.2. The van der Waals surface area contributed by atoms with Gasteiger partial charge in [0.2, 0.25) is 0 Å². The predicted octanol–water partition coefficient (Wildman–Crippen LogP) is 3.81. The van der Waals surface area contributed by atoms with E-state index >= 15 is 0 Å². The Morgan fingerprint density at radius 2 is 1.70 bits per heavy atom. The second-order valence-electron chi connectivity index (χ2n) is 8.10. The van der Waals surface area contributed by atoms with Crippen molar-refractivity contribution in [2.24, 2.45) is 7.05 Å². The first-order valence-corrected chi connectivity index (χ1v) is 10.5. The summed E-state index contributed by atoms with van der Waals surface area (Å²) in [6.45, 7) is 0.289. The highest BCUT2D eigenvalue weighted by Gasteiger charge is 2.15. The summed E-state index contributed by atoms with van der Waals surface area (Å²) in [5.41, 5.74) is 10.9. The molecule has 0 unspecified atom stereocenters. The van der Waals surface area contributed by atoms with Crippen molar-refractivity contribution in [3.63, 3.8) is 0 Å². The van der Waals surface area contributed by atoms with Crippen LogP contribution in [-0.2, 0) is 24.8 Å². The normalized spacial score (nSPS) is 11.3. The fourth-order valence-corrected chi connectivity index (χ4v) is 4.33. The van der Waals surface area contributed by atoms with Gasteiger partial charge in [-0.05, 0) is 51.9 Å². The molecule has 5 rings (SSSR count). The number of hydrogen-bond donors (Lipinski definition) is 2. The average Bonchev–Trinajstić information content (AvgIpc) is 3.04. The number of nitrogens with zero attached hydrogens (tertiary/aromatic N) is 3. The number of aromatic nitrogens is 3. The van der Waals surface area contributed by atoms with Crippen molar-refractivity contribution in [2.45, 2.75) is 13.0 Å². The van der Waals surface area contributed by atoms with E-state index in [0.717, 1.165) is 38.5 Å². The number of pyridine rings is 1. The maximum Gasteiger partial charge on any atom is 0.329 e. The van der Waals surface area contributed by atoms with Crippen LogP contribution in [0.5, 0.6) is 0 Å². The molecule has 7 heteroatoms. The lowest BCUT2D eigenvalue weighted by Gasteiger charge is -2.10. The summed E-state index contributed by atoms with van der Waals surface area (Å²) in [4.78, 5) is 28.6. The maximum absolute atomic E-state index is 13.1. The van der Waals surface area contributed by atoms with E-state index in [2.05, 4.69) is 4.98 Å². The number of aryl methyl sites for hydroxylation is 1. The number of carbonyl (C=O) groups is 1. The van der Waals surface area contributed by atoms with Crippen LogP contribution in [0.2, 0.25) is 0 Å². The molecular weight excluding hydrogens is 416 g/mol. The third-order valence-corrected chi connectivity index (χ3v) is 6.06.